The number of carbonyl (C=O) groups excluding carboxylic acids is 1. The highest BCUT2D eigenvalue weighted by molar-refractivity contribution is 7.15. The summed E-state index contributed by atoms with van der Waals surface area (Å²) in [5.74, 6) is -0.131. The van der Waals surface area contributed by atoms with E-state index in [1.807, 2.05) is 25.1 Å². The van der Waals surface area contributed by atoms with Crippen molar-refractivity contribution in [2.45, 2.75) is 26.4 Å². The van der Waals surface area contributed by atoms with Crippen molar-refractivity contribution in [3.05, 3.63) is 39.9 Å². The molecule has 0 atom stereocenters. The molecule has 0 spiro atoms. The van der Waals surface area contributed by atoms with E-state index < -0.39 is 0 Å². The lowest BCUT2D eigenvalue weighted by Crippen LogP contribution is -2.12. The third kappa shape index (κ3) is 2.50. The number of hydrogen-bond donors (Lipinski definition) is 2. The third-order valence-electron chi connectivity index (χ3n) is 3.09. The van der Waals surface area contributed by atoms with Gasteiger partial charge in [0.05, 0.1) is 0 Å². The molecule has 1 amide bonds. The number of nitrogens with one attached hydrogen (secondary N) is 2. The average molecular weight is 274 g/mol. The van der Waals surface area contributed by atoms with Crippen molar-refractivity contribution in [3.8, 4) is 0 Å². The number of amides is 1. The molecule has 2 aromatic rings. The van der Waals surface area contributed by atoms with Crippen LogP contribution in [0.4, 0.5) is 5.13 Å². The van der Waals surface area contributed by atoms with Crippen LogP contribution in [-0.2, 0) is 19.5 Å². The molecule has 2 heterocycles. The minimum Gasteiger partial charge on any atom is -0.309 e. The van der Waals surface area contributed by atoms with Crippen LogP contribution < -0.4 is 10.6 Å². The lowest BCUT2D eigenvalue weighted by atomic mass is 10.1. The standard InChI is InChI=1S/C13H14N4OS/c1-2-11-16-17-13(19-11)15-12(18)8-3-4-9-6-14-7-10(9)5-8/h3-5,14H,2,6-7H2,1H3,(H,15,17,18). The predicted molar refractivity (Wildman–Crippen MR) is 74.2 cm³/mol. The normalized spacial score (nSPS) is 13.3. The Bertz CT molecular complexity index is 623. The van der Waals surface area contributed by atoms with Gasteiger partial charge in [-0.15, -0.1) is 10.2 Å². The monoisotopic (exact) mass is 274 g/mol. The number of carbonyl (C=O) groups is 1. The van der Waals surface area contributed by atoms with Crippen LogP contribution >= 0.6 is 11.3 Å². The van der Waals surface area contributed by atoms with E-state index in [4.69, 9.17) is 0 Å². The van der Waals surface area contributed by atoms with Crippen molar-refractivity contribution in [2.24, 2.45) is 0 Å². The van der Waals surface area contributed by atoms with Crippen molar-refractivity contribution >= 4 is 22.4 Å². The van der Waals surface area contributed by atoms with E-state index in [2.05, 4.69) is 20.8 Å². The number of fused-ring (bicyclic) bond motifs is 1. The summed E-state index contributed by atoms with van der Waals surface area (Å²) in [6.07, 6.45) is 0.831. The summed E-state index contributed by atoms with van der Waals surface area (Å²) in [5, 5.41) is 15.5. The lowest BCUT2D eigenvalue weighted by Gasteiger charge is -2.03. The van der Waals surface area contributed by atoms with Gasteiger partial charge in [-0.2, -0.15) is 0 Å². The minimum absolute atomic E-state index is 0.131. The summed E-state index contributed by atoms with van der Waals surface area (Å²) >= 11 is 1.41. The van der Waals surface area contributed by atoms with Gasteiger partial charge in [0, 0.05) is 18.7 Å². The van der Waals surface area contributed by atoms with Gasteiger partial charge in [0.15, 0.2) is 0 Å². The van der Waals surface area contributed by atoms with Gasteiger partial charge >= 0.3 is 0 Å². The summed E-state index contributed by atoms with van der Waals surface area (Å²) in [4.78, 5) is 12.1. The van der Waals surface area contributed by atoms with Crippen LogP contribution in [0.25, 0.3) is 0 Å². The topological polar surface area (TPSA) is 66.9 Å². The van der Waals surface area contributed by atoms with Gasteiger partial charge < -0.3 is 5.32 Å². The Morgan fingerprint density at radius 2 is 2.21 bits per heavy atom. The molecule has 0 fully saturated rings. The molecule has 1 aliphatic rings. The van der Waals surface area contributed by atoms with Crippen LogP contribution in [-0.4, -0.2) is 16.1 Å². The van der Waals surface area contributed by atoms with E-state index in [1.165, 1.54) is 22.5 Å². The number of aromatic nitrogens is 2. The molecular formula is C13H14N4OS. The Morgan fingerprint density at radius 3 is 3.00 bits per heavy atom. The second-order valence-electron chi connectivity index (χ2n) is 4.40. The Hall–Kier alpha value is -1.79. The summed E-state index contributed by atoms with van der Waals surface area (Å²) in [6, 6.07) is 5.79. The highest BCUT2D eigenvalue weighted by Crippen LogP contribution is 2.19. The Kier molecular flexibility index (Phi) is 3.27. The summed E-state index contributed by atoms with van der Waals surface area (Å²) in [7, 11) is 0. The fourth-order valence-electron chi connectivity index (χ4n) is 2.05. The van der Waals surface area contributed by atoms with E-state index in [0.29, 0.717) is 10.7 Å². The molecule has 98 valence electrons. The summed E-state index contributed by atoms with van der Waals surface area (Å²) in [6.45, 7) is 3.72. The fourth-order valence-corrected chi connectivity index (χ4v) is 2.73. The van der Waals surface area contributed by atoms with E-state index in [9.17, 15) is 4.79 Å². The van der Waals surface area contributed by atoms with Gasteiger partial charge in [-0.1, -0.05) is 24.3 Å². The summed E-state index contributed by atoms with van der Waals surface area (Å²) in [5.41, 5.74) is 3.12. The van der Waals surface area contributed by atoms with Crippen molar-refractivity contribution in [1.82, 2.24) is 15.5 Å². The van der Waals surface area contributed by atoms with E-state index in [0.717, 1.165) is 24.5 Å². The van der Waals surface area contributed by atoms with Crippen LogP contribution in [0.3, 0.4) is 0 Å². The van der Waals surface area contributed by atoms with Crippen LogP contribution in [0.5, 0.6) is 0 Å². The zero-order valence-electron chi connectivity index (χ0n) is 10.6. The lowest BCUT2D eigenvalue weighted by molar-refractivity contribution is 0.102. The molecule has 0 aliphatic carbocycles. The molecular weight excluding hydrogens is 260 g/mol. The van der Waals surface area contributed by atoms with E-state index in [-0.39, 0.29) is 5.91 Å². The molecule has 0 radical (unpaired) electrons. The fraction of sp³-hybridized carbons (Fsp3) is 0.308. The Balaban J connectivity index is 1.76. The smallest absolute Gasteiger partial charge is 0.257 e. The molecule has 3 rings (SSSR count). The Labute approximate surface area is 115 Å². The first-order chi connectivity index (χ1) is 9.26. The van der Waals surface area contributed by atoms with Gasteiger partial charge in [0.25, 0.3) is 5.91 Å². The maximum Gasteiger partial charge on any atom is 0.257 e. The van der Waals surface area contributed by atoms with Crippen LogP contribution in [0.15, 0.2) is 18.2 Å². The molecule has 19 heavy (non-hydrogen) atoms. The van der Waals surface area contributed by atoms with Crippen LogP contribution in [0, 0.1) is 0 Å². The zero-order valence-corrected chi connectivity index (χ0v) is 11.4. The van der Waals surface area contributed by atoms with Gasteiger partial charge in [0.2, 0.25) is 5.13 Å². The maximum absolute atomic E-state index is 12.1. The maximum atomic E-state index is 12.1. The minimum atomic E-state index is -0.131. The second-order valence-corrected chi connectivity index (χ2v) is 5.46. The quantitative estimate of drug-likeness (QED) is 0.898. The second kappa shape index (κ2) is 5.07. The first-order valence-electron chi connectivity index (χ1n) is 6.22. The number of nitrogens with zero attached hydrogens (tertiary/aromatic N) is 2. The molecule has 1 aromatic carbocycles. The molecule has 1 aromatic heterocycles. The molecule has 0 unspecified atom stereocenters. The van der Waals surface area contributed by atoms with Crippen molar-refractivity contribution in [1.29, 1.82) is 0 Å². The van der Waals surface area contributed by atoms with Gasteiger partial charge in [0.1, 0.15) is 5.01 Å². The SMILES string of the molecule is CCc1nnc(NC(=O)c2ccc3c(c2)CNC3)s1. The molecule has 0 saturated heterocycles. The van der Waals surface area contributed by atoms with Crippen LogP contribution in [0.2, 0.25) is 0 Å². The predicted octanol–water partition coefficient (Wildman–Crippen LogP) is 1.96. The average Bonchev–Trinajstić information content (AvgIpc) is 3.05. The molecule has 1 aliphatic heterocycles. The van der Waals surface area contributed by atoms with Crippen molar-refractivity contribution < 1.29 is 4.79 Å². The Morgan fingerprint density at radius 1 is 1.37 bits per heavy atom. The van der Waals surface area contributed by atoms with Crippen LogP contribution in [0.1, 0.15) is 33.4 Å². The number of anilines is 1. The van der Waals surface area contributed by atoms with E-state index in [1.54, 1.807) is 0 Å². The van der Waals surface area contributed by atoms with Gasteiger partial charge in [-0.25, -0.2) is 0 Å². The van der Waals surface area contributed by atoms with Crippen molar-refractivity contribution in [2.75, 3.05) is 5.32 Å². The molecule has 0 bridgehead atoms. The highest BCUT2D eigenvalue weighted by Gasteiger charge is 2.14. The molecule has 2 N–H and O–H groups in total. The molecule has 0 saturated carbocycles. The van der Waals surface area contributed by atoms with Gasteiger partial charge in [-0.05, 0) is 29.7 Å². The number of benzene rings is 1. The number of rotatable bonds is 3. The first kappa shape index (κ1) is 12.3. The molecule has 5 nitrogen and oxygen atoms in total. The van der Waals surface area contributed by atoms with E-state index >= 15 is 0 Å². The van der Waals surface area contributed by atoms with Crippen molar-refractivity contribution in [3.63, 3.8) is 0 Å². The number of aryl methyl sites for hydroxylation is 1. The summed E-state index contributed by atoms with van der Waals surface area (Å²) < 4.78 is 0. The van der Waals surface area contributed by atoms with Gasteiger partial charge in [-0.3, -0.25) is 10.1 Å². The zero-order chi connectivity index (χ0) is 13.2. The first-order valence-corrected chi connectivity index (χ1v) is 7.04. The largest absolute Gasteiger partial charge is 0.309 e. The highest BCUT2D eigenvalue weighted by atomic mass is 32.1. The number of hydrogen-bond acceptors (Lipinski definition) is 5. The third-order valence-corrected chi connectivity index (χ3v) is 4.07. The molecule has 6 heteroatoms.